The van der Waals surface area contributed by atoms with Crippen molar-refractivity contribution in [2.45, 2.75) is 38.1 Å². The van der Waals surface area contributed by atoms with Crippen LogP contribution in [0, 0.1) is 0 Å². The number of aromatic nitrogens is 3. The third-order valence-electron chi connectivity index (χ3n) is 3.04. The smallest absolute Gasteiger partial charge is 0.153 e. The SMILES string of the molecule is COCCNCc1nc(C2CCCC2)n[nH]1. The van der Waals surface area contributed by atoms with E-state index in [1.807, 2.05) is 0 Å². The fourth-order valence-corrected chi connectivity index (χ4v) is 2.14. The summed E-state index contributed by atoms with van der Waals surface area (Å²) in [6, 6.07) is 0. The number of ether oxygens (including phenoxy) is 1. The van der Waals surface area contributed by atoms with E-state index in [0.717, 1.165) is 31.3 Å². The van der Waals surface area contributed by atoms with Gasteiger partial charge in [0.2, 0.25) is 0 Å². The third kappa shape index (κ3) is 3.02. The van der Waals surface area contributed by atoms with Crippen molar-refractivity contribution in [2.75, 3.05) is 20.3 Å². The van der Waals surface area contributed by atoms with Crippen molar-refractivity contribution in [1.29, 1.82) is 0 Å². The summed E-state index contributed by atoms with van der Waals surface area (Å²) >= 11 is 0. The van der Waals surface area contributed by atoms with Crippen molar-refractivity contribution in [3.8, 4) is 0 Å². The van der Waals surface area contributed by atoms with Crippen LogP contribution in [-0.4, -0.2) is 35.4 Å². The predicted octanol–water partition coefficient (Wildman–Crippen LogP) is 1.20. The molecular formula is C11H20N4O. The lowest BCUT2D eigenvalue weighted by atomic mass is 10.1. The van der Waals surface area contributed by atoms with Gasteiger partial charge >= 0.3 is 0 Å². The van der Waals surface area contributed by atoms with E-state index in [2.05, 4.69) is 20.5 Å². The van der Waals surface area contributed by atoms with Gasteiger partial charge < -0.3 is 10.1 Å². The number of nitrogens with zero attached hydrogens (tertiary/aromatic N) is 2. The summed E-state index contributed by atoms with van der Waals surface area (Å²) in [5, 5.41) is 10.5. The van der Waals surface area contributed by atoms with E-state index in [0.29, 0.717) is 5.92 Å². The Morgan fingerprint density at radius 3 is 3.00 bits per heavy atom. The van der Waals surface area contributed by atoms with Gasteiger partial charge in [0.15, 0.2) is 5.82 Å². The molecule has 16 heavy (non-hydrogen) atoms. The maximum absolute atomic E-state index is 4.96. The second-order valence-electron chi connectivity index (χ2n) is 4.29. The molecule has 0 unspecified atom stereocenters. The van der Waals surface area contributed by atoms with E-state index < -0.39 is 0 Å². The molecule has 0 saturated heterocycles. The zero-order chi connectivity index (χ0) is 11.2. The highest BCUT2D eigenvalue weighted by Crippen LogP contribution is 2.31. The van der Waals surface area contributed by atoms with Crippen LogP contribution in [0.4, 0.5) is 0 Å². The van der Waals surface area contributed by atoms with Crippen LogP contribution in [0.1, 0.15) is 43.3 Å². The lowest BCUT2D eigenvalue weighted by Gasteiger charge is -2.01. The molecule has 0 radical (unpaired) electrons. The van der Waals surface area contributed by atoms with Crippen molar-refractivity contribution >= 4 is 0 Å². The van der Waals surface area contributed by atoms with E-state index in [1.165, 1.54) is 25.7 Å². The first-order valence-electron chi connectivity index (χ1n) is 6.01. The summed E-state index contributed by atoms with van der Waals surface area (Å²) < 4.78 is 4.96. The molecule has 1 aliphatic rings. The molecule has 0 bridgehead atoms. The largest absolute Gasteiger partial charge is 0.383 e. The van der Waals surface area contributed by atoms with Crippen LogP contribution in [-0.2, 0) is 11.3 Å². The number of aromatic amines is 1. The fraction of sp³-hybridized carbons (Fsp3) is 0.818. The van der Waals surface area contributed by atoms with Crippen LogP contribution >= 0.6 is 0 Å². The number of hydrogen-bond donors (Lipinski definition) is 2. The van der Waals surface area contributed by atoms with Crippen LogP contribution in [0.3, 0.4) is 0 Å². The second kappa shape index (κ2) is 5.96. The maximum Gasteiger partial charge on any atom is 0.153 e. The lowest BCUT2D eigenvalue weighted by molar-refractivity contribution is 0.199. The quantitative estimate of drug-likeness (QED) is 0.713. The minimum Gasteiger partial charge on any atom is -0.383 e. The Labute approximate surface area is 96.0 Å². The van der Waals surface area contributed by atoms with E-state index in [9.17, 15) is 0 Å². The molecule has 1 fully saturated rings. The van der Waals surface area contributed by atoms with Gasteiger partial charge in [-0.1, -0.05) is 12.8 Å². The lowest BCUT2D eigenvalue weighted by Crippen LogP contribution is -2.19. The van der Waals surface area contributed by atoms with E-state index in [-0.39, 0.29) is 0 Å². The fourth-order valence-electron chi connectivity index (χ4n) is 2.14. The van der Waals surface area contributed by atoms with Gasteiger partial charge in [-0.25, -0.2) is 4.98 Å². The van der Waals surface area contributed by atoms with Crippen molar-refractivity contribution in [3.05, 3.63) is 11.6 Å². The molecule has 0 aliphatic heterocycles. The van der Waals surface area contributed by atoms with Gasteiger partial charge in [0.1, 0.15) is 5.82 Å². The Bertz CT molecular complexity index is 307. The molecule has 1 saturated carbocycles. The molecule has 1 aromatic heterocycles. The molecule has 0 spiro atoms. The highest BCUT2D eigenvalue weighted by molar-refractivity contribution is 4.99. The Kier molecular flexibility index (Phi) is 4.30. The van der Waals surface area contributed by atoms with Crippen LogP contribution in [0.25, 0.3) is 0 Å². The molecule has 5 heteroatoms. The zero-order valence-corrected chi connectivity index (χ0v) is 9.83. The van der Waals surface area contributed by atoms with Gasteiger partial charge in [0, 0.05) is 19.6 Å². The van der Waals surface area contributed by atoms with Gasteiger partial charge in [-0.2, -0.15) is 5.10 Å². The Morgan fingerprint density at radius 2 is 2.25 bits per heavy atom. The first-order chi connectivity index (χ1) is 7.90. The maximum atomic E-state index is 4.96. The molecule has 5 nitrogen and oxygen atoms in total. The van der Waals surface area contributed by atoms with Gasteiger partial charge in [-0.05, 0) is 12.8 Å². The molecule has 90 valence electrons. The standard InChI is InChI=1S/C11H20N4O/c1-16-7-6-12-8-10-13-11(15-14-10)9-4-2-3-5-9/h9,12H,2-8H2,1H3,(H,13,14,15). The number of hydrogen-bond acceptors (Lipinski definition) is 4. The van der Waals surface area contributed by atoms with Crippen molar-refractivity contribution in [1.82, 2.24) is 20.5 Å². The average molecular weight is 224 g/mol. The first kappa shape index (κ1) is 11.5. The monoisotopic (exact) mass is 224 g/mol. The molecular weight excluding hydrogens is 204 g/mol. The van der Waals surface area contributed by atoms with E-state index in [1.54, 1.807) is 7.11 Å². The molecule has 0 amide bonds. The molecule has 2 rings (SSSR count). The molecule has 1 aromatic rings. The molecule has 1 aliphatic carbocycles. The average Bonchev–Trinajstić information content (AvgIpc) is 2.94. The summed E-state index contributed by atoms with van der Waals surface area (Å²) in [5.74, 6) is 2.52. The highest BCUT2D eigenvalue weighted by Gasteiger charge is 2.20. The van der Waals surface area contributed by atoms with Crippen LogP contribution in [0.2, 0.25) is 0 Å². The van der Waals surface area contributed by atoms with Gasteiger partial charge in [0.05, 0.1) is 13.2 Å². The van der Waals surface area contributed by atoms with Crippen molar-refractivity contribution in [2.24, 2.45) is 0 Å². The molecule has 0 aromatic carbocycles. The van der Waals surface area contributed by atoms with Gasteiger partial charge in [0.25, 0.3) is 0 Å². The molecule has 2 N–H and O–H groups in total. The minimum absolute atomic E-state index is 0.587. The van der Waals surface area contributed by atoms with Gasteiger partial charge in [-0.15, -0.1) is 0 Å². The van der Waals surface area contributed by atoms with Crippen LogP contribution in [0.15, 0.2) is 0 Å². The number of nitrogens with one attached hydrogen (secondary N) is 2. The van der Waals surface area contributed by atoms with Crippen molar-refractivity contribution < 1.29 is 4.74 Å². The van der Waals surface area contributed by atoms with Gasteiger partial charge in [-0.3, -0.25) is 5.10 Å². The number of rotatable bonds is 6. The second-order valence-corrected chi connectivity index (χ2v) is 4.29. The van der Waals surface area contributed by atoms with Crippen LogP contribution in [0.5, 0.6) is 0 Å². The summed E-state index contributed by atoms with van der Waals surface area (Å²) in [4.78, 5) is 4.52. The Hall–Kier alpha value is -0.940. The zero-order valence-electron chi connectivity index (χ0n) is 9.83. The summed E-state index contributed by atoms with van der Waals surface area (Å²) in [5.41, 5.74) is 0. The number of methoxy groups -OCH3 is 1. The van der Waals surface area contributed by atoms with E-state index >= 15 is 0 Å². The van der Waals surface area contributed by atoms with Crippen LogP contribution < -0.4 is 5.32 Å². The normalized spacial score (nSPS) is 17.1. The molecule has 1 heterocycles. The Balaban J connectivity index is 1.77. The number of H-pyrrole nitrogens is 1. The summed E-state index contributed by atoms with van der Waals surface area (Å²) in [7, 11) is 1.70. The molecule has 0 atom stereocenters. The minimum atomic E-state index is 0.587. The predicted molar refractivity (Wildman–Crippen MR) is 61.2 cm³/mol. The Morgan fingerprint density at radius 1 is 1.44 bits per heavy atom. The van der Waals surface area contributed by atoms with E-state index in [4.69, 9.17) is 4.74 Å². The third-order valence-corrected chi connectivity index (χ3v) is 3.04. The highest BCUT2D eigenvalue weighted by atomic mass is 16.5. The summed E-state index contributed by atoms with van der Waals surface area (Å²) in [6.07, 6.45) is 5.13. The topological polar surface area (TPSA) is 62.8 Å². The summed E-state index contributed by atoms with van der Waals surface area (Å²) in [6.45, 7) is 2.31. The van der Waals surface area contributed by atoms with Crippen molar-refractivity contribution in [3.63, 3.8) is 0 Å². The first-order valence-corrected chi connectivity index (χ1v) is 6.01.